The van der Waals surface area contributed by atoms with Gasteiger partial charge in [0.15, 0.2) is 0 Å². The minimum absolute atomic E-state index is 0.0378. The van der Waals surface area contributed by atoms with Gasteiger partial charge in [0, 0.05) is 31.6 Å². The van der Waals surface area contributed by atoms with Crippen LogP contribution in [0.2, 0.25) is 0 Å². The lowest BCUT2D eigenvalue weighted by molar-refractivity contribution is -0.191. The lowest BCUT2D eigenvalue weighted by atomic mass is 10.1. The predicted molar refractivity (Wildman–Crippen MR) is 127 cm³/mol. The molecule has 2 saturated heterocycles. The van der Waals surface area contributed by atoms with Crippen molar-refractivity contribution in [2.45, 2.75) is 25.9 Å². The zero-order valence-corrected chi connectivity index (χ0v) is 19.8. The third-order valence-electron chi connectivity index (χ3n) is 5.82. The summed E-state index contributed by atoms with van der Waals surface area (Å²) >= 11 is 0. The average molecular weight is 499 g/mol. The van der Waals surface area contributed by atoms with E-state index >= 15 is 4.39 Å². The minimum Gasteiger partial charge on any atom is -0.444 e. The molecule has 2 aliphatic heterocycles. The van der Waals surface area contributed by atoms with Gasteiger partial charge in [-0.1, -0.05) is 18.2 Å². The third-order valence-corrected chi connectivity index (χ3v) is 5.82. The monoisotopic (exact) mass is 498 g/mol. The van der Waals surface area contributed by atoms with Crippen molar-refractivity contribution in [2.75, 3.05) is 42.5 Å². The summed E-state index contributed by atoms with van der Waals surface area (Å²) in [5, 5.41) is 1.56. The fraction of sp³-hybridized carbons (Fsp3) is 0.360. The summed E-state index contributed by atoms with van der Waals surface area (Å²) < 4.78 is 20.4. The van der Waals surface area contributed by atoms with Gasteiger partial charge in [-0.15, -0.1) is 0 Å². The molecule has 2 heterocycles. The van der Waals surface area contributed by atoms with Crippen molar-refractivity contribution >= 4 is 35.3 Å². The van der Waals surface area contributed by atoms with E-state index in [-0.39, 0.29) is 30.5 Å². The number of nitrogens with one attached hydrogen (secondary N) is 1. The highest BCUT2D eigenvalue weighted by molar-refractivity contribution is 5.94. The van der Waals surface area contributed by atoms with Gasteiger partial charge in [-0.25, -0.2) is 14.6 Å². The van der Waals surface area contributed by atoms with E-state index in [0.717, 1.165) is 0 Å². The van der Waals surface area contributed by atoms with Crippen LogP contribution in [0.25, 0.3) is 0 Å². The van der Waals surface area contributed by atoms with E-state index in [1.54, 1.807) is 29.3 Å². The maximum atomic E-state index is 15.1. The van der Waals surface area contributed by atoms with Crippen LogP contribution in [0.5, 0.6) is 0 Å². The molecular formula is C25H27FN4O6. The van der Waals surface area contributed by atoms with Crippen molar-refractivity contribution in [3.05, 3.63) is 59.9 Å². The molecule has 0 saturated carbocycles. The maximum absolute atomic E-state index is 15.1. The number of amides is 2. The molecule has 36 heavy (non-hydrogen) atoms. The minimum atomic E-state index is -0.537. The Balaban J connectivity index is 0.00000115. The van der Waals surface area contributed by atoms with E-state index in [1.807, 2.05) is 23.1 Å². The number of carbonyl (C=O) groups excluding carboxylic acids is 5. The van der Waals surface area contributed by atoms with E-state index in [4.69, 9.17) is 14.3 Å². The Bertz CT molecular complexity index is 1120. The van der Waals surface area contributed by atoms with Crippen molar-refractivity contribution in [2.24, 2.45) is 0 Å². The van der Waals surface area contributed by atoms with Crippen LogP contribution in [0.1, 0.15) is 30.1 Å². The van der Waals surface area contributed by atoms with Gasteiger partial charge in [-0.3, -0.25) is 14.7 Å². The van der Waals surface area contributed by atoms with E-state index < -0.39 is 11.9 Å². The highest BCUT2D eigenvalue weighted by Gasteiger charge is 2.33. The number of halogens is 1. The summed E-state index contributed by atoms with van der Waals surface area (Å²) in [6, 6.07) is 13.7. The molecule has 0 unspecified atom stereocenters. The van der Waals surface area contributed by atoms with Crippen molar-refractivity contribution in [3.63, 3.8) is 0 Å². The Morgan fingerprint density at radius 3 is 2.50 bits per heavy atom. The zero-order chi connectivity index (χ0) is 26.1. The van der Waals surface area contributed by atoms with Gasteiger partial charge < -0.3 is 14.4 Å². The van der Waals surface area contributed by atoms with Gasteiger partial charge in [-0.2, -0.15) is 9.59 Å². The highest BCUT2D eigenvalue weighted by atomic mass is 19.1. The van der Waals surface area contributed by atoms with Gasteiger partial charge in [0.2, 0.25) is 0 Å². The van der Waals surface area contributed by atoms with Crippen LogP contribution >= 0.6 is 0 Å². The van der Waals surface area contributed by atoms with Gasteiger partial charge in [0.1, 0.15) is 17.7 Å². The second-order valence-corrected chi connectivity index (χ2v) is 8.29. The normalized spacial score (nSPS) is 17.4. The van der Waals surface area contributed by atoms with Crippen LogP contribution in [0.3, 0.4) is 0 Å². The van der Waals surface area contributed by atoms with Crippen LogP contribution in [-0.4, -0.2) is 67.8 Å². The Kier molecular flexibility index (Phi) is 9.26. The fourth-order valence-corrected chi connectivity index (χ4v) is 4.05. The smallest absolute Gasteiger partial charge is 0.414 e. The third kappa shape index (κ3) is 6.74. The number of hydrogen-bond donors (Lipinski definition) is 1. The van der Waals surface area contributed by atoms with E-state index in [2.05, 4.69) is 5.43 Å². The number of rotatable bonds is 6. The molecule has 0 spiro atoms. The Morgan fingerprint density at radius 1 is 1.11 bits per heavy atom. The molecule has 0 bridgehead atoms. The number of benzene rings is 2. The molecule has 2 aliphatic rings. The first kappa shape index (κ1) is 26.5. The summed E-state index contributed by atoms with van der Waals surface area (Å²) in [6.45, 7) is 3.64. The largest absolute Gasteiger partial charge is 0.444 e. The Hall–Kier alpha value is -4.08. The molecule has 1 N–H and O–H groups in total. The first-order chi connectivity index (χ1) is 17.3. The number of ether oxygens (including phenoxy) is 1. The van der Waals surface area contributed by atoms with E-state index in [0.29, 0.717) is 56.0 Å². The summed E-state index contributed by atoms with van der Waals surface area (Å²) in [5.74, 6) is -0.536. The maximum Gasteiger partial charge on any atom is 0.414 e. The quantitative estimate of drug-likeness (QED) is 0.646. The number of nitrogens with zero attached hydrogens (tertiary/aromatic N) is 3. The van der Waals surface area contributed by atoms with Gasteiger partial charge >= 0.3 is 12.2 Å². The summed E-state index contributed by atoms with van der Waals surface area (Å²) in [6.07, 6.45) is 0.127. The van der Waals surface area contributed by atoms with Crippen LogP contribution in [0.15, 0.2) is 48.5 Å². The molecule has 2 amide bonds. The molecular weight excluding hydrogens is 471 g/mol. The molecule has 190 valence electrons. The molecule has 0 radical (unpaired) electrons. The lowest BCUT2D eigenvalue weighted by Gasteiger charge is -2.24. The number of cyclic esters (lactones) is 1. The molecule has 2 aromatic carbocycles. The molecule has 0 aromatic heterocycles. The molecule has 0 aliphatic carbocycles. The Labute approximate surface area is 207 Å². The van der Waals surface area contributed by atoms with Crippen molar-refractivity contribution in [3.8, 4) is 0 Å². The second kappa shape index (κ2) is 12.6. The molecule has 11 heteroatoms. The summed E-state index contributed by atoms with van der Waals surface area (Å²) in [7, 11) is 0. The fourth-order valence-electron chi connectivity index (χ4n) is 4.05. The SMILES string of the molecule is CC(=O)CC[C@H]1CN(c2ccc(N3CCNN(C(=O)c4ccccc4)CC3)c(F)c2)C(=O)O1.O=C=O. The number of Topliss-reactive ketones (excluding diaryl/α,β-unsaturated/α-hetero) is 1. The Morgan fingerprint density at radius 2 is 1.83 bits per heavy atom. The highest BCUT2D eigenvalue weighted by Crippen LogP contribution is 2.29. The van der Waals surface area contributed by atoms with Crippen LogP contribution in [0.4, 0.5) is 20.6 Å². The summed E-state index contributed by atoms with van der Waals surface area (Å²) in [4.78, 5) is 55.6. The van der Waals surface area contributed by atoms with Crippen molar-refractivity contribution in [1.82, 2.24) is 10.4 Å². The van der Waals surface area contributed by atoms with Gasteiger partial charge in [-0.05, 0) is 43.7 Å². The van der Waals surface area contributed by atoms with E-state index in [1.165, 1.54) is 17.9 Å². The predicted octanol–water partition coefficient (Wildman–Crippen LogP) is 2.40. The van der Waals surface area contributed by atoms with Crippen molar-refractivity contribution < 1.29 is 33.1 Å². The molecule has 10 nitrogen and oxygen atoms in total. The number of hydrazine groups is 1. The number of ketones is 1. The number of carbonyl (C=O) groups is 3. The molecule has 1 atom stereocenters. The van der Waals surface area contributed by atoms with Crippen LogP contribution in [-0.2, 0) is 19.1 Å². The molecule has 2 aromatic rings. The average Bonchev–Trinajstić information content (AvgIpc) is 3.07. The first-order valence-electron chi connectivity index (χ1n) is 11.5. The number of anilines is 2. The summed E-state index contributed by atoms with van der Waals surface area (Å²) in [5.41, 5.74) is 4.53. The molecule has 4 rings (SSSR count). The number of hydrogen-bond acceptors (Lipinski definition) is 8. The zero-order valence-electron chi connectivity index (χ0n) is 19.8. The van der Waals surface area contributed by atoms with Crippen molar-refractivity contribution in [1.29, 1.82) is 0 Å². The van der Waals surface area contributed by atoms with E-state index in [9.17, 15) is 14.4 Å². The standard InChI is InChI=1S/C24H27FN4O4.CO2/c1-17(30)7-9-20-16-28(24(32)33-20)19-8-10-22(21(25)15-19)27-12-11-26-29(14-13-27)23(31)18-5-3-2-4-6-18;2-1-3/h2-6,8,10,15,20,26H,7,9,11-14,16H2,1H3;/t20-;/m0./s1. The van der Waals surface area contributed by atoms with Gasteiger partial charge in [0.25, 0.3) is 5.91 Å². The van der Waals surface area contributed by atoms with Crippen LogP contribution in [0, 0.1) is 5.82 Å². The van der Waals surface area contributed by atoms with Gasteiger partial charge in [0.05, 0.1) is 24.5 Å². The topological polar surface area (TPSA) is 116 Å². The first-order valence-corrected chi connectivity index (χ1v) is 11.5. The second-order valence-electron chi connectivity index (χ2n) is 8.29. The van der Waals surface area contributed by atoms with Crippen LogP contribution < -0.4 is 15.2 Å². The molecule has 2 fully saturated rings. The lowest BCUT2D eigenvalue weighted by Crippen LogP contribution is -2.43.